The first kappa shape index (κ1) is 13.5. The van der Waals surface area contributed by atoms with Crippen molar-refractivity contribution in [2.24, 2.45) is 0 Å². The van der Waals surface area contributed by atoms with Crippen LogP contribution >= 0.6 is 15.9 Å². The predicted octanol–water partition coefficient (Wildman–Crippen LogP) is 2.26. The summed E-state index contributed by atoms with van der Waals surface area (Å²) in [4.78, 5) is 11.6. The molecule has 0 radical (unpaired) electrons. The molecule has 0 saturated carbocycles. The van der Waals surface area contributed by atoms with E-state index in [1.165, 1.54) is 0 Å². The molecule has 17 heavy (non-hydrogen) atoms. The second-order valence-corrected chi connectivity index (χ2v) is 4.39. The number of halogens is 1. The van der Waals surface area contributed by atoms with Crippen molar-refractivity contribution in [3.05, 3.63) is 28.2 Å². The average Bonchev–Trinajstić information content (AvgIpc) is 2.29. The number of hydrogen-bond donors (Lipinski definition) is 2. The highest BCUT2D eigenvalue weighted by Gasteiger charge is 2.14. The van der Waals surface area contributed by atoms with Crippen molar-refractivity contribution in [1.82, 2.24) is 5.32 Å². The van der Waals surface area contributed by atoms with Crippen molar-refractivity contribution < 1.29 is 4.79 Å². The zero-order chi connectivity index (χ0) is 12.8. The molecule has 1 aromatic rings. The fraction of sp³-hybridized carbons (Fsp3) is 0.333. The number of benzene rings is 1. The highest BCUT2D eigenvalue weighted by Crippen LogP contribution is 2.24. The number of anilines is 1. The zero-order valence-electron chi connectivity index (χ0n) is 9.75. The third-order valence-electron chi connectivity index (χ3n) is 2.24. The monoisotopic (exact) mass is 295 g/mol. The molecule has 1 amide bonds. The molecule has 90 valence electrons. The Hall–Kier alpha value is -1.54. The van der Waals surface area contributed by atoms with Crippen LogP contribution in [0.15, 0.2) is 22.7 Å². The number of hydrogen-bond acceptors (Lipinski definition) is 3. The molecule has 1 rings (SSSR count). The molecule has 1 unspecified atom stereocenters. The highest BCUT2D eigenvalue weighted by atomic mass is 79.9. The minimum atomic E-state index is -0.378. The lowest BCUT2D eigenvalue weighted by Gasteiger charge is -2.15. The number of nitriles is 1. The van der Waals surface area contributed by atoms with Crippen LogP contribution in [0.2, 0.25) is 0 Å². The Bertz CT molecular complexity index is 454. The maximum absolute atomic E-state index is 11.6. The van der Waals surface area contributed by atoms with Gasteiger partial charge in [0.25, 0.3) is 0 Å². The summed E-state index contributed by atoms with van der Waals surface area (Å²) in [5.74, 6) is -0.0867. The lowest BCUT2D eigenvalue weighted by Crippen LogP contribution is -2.37. The van der Waals surface area contributed by atoms with E-state index in [1.807, 2.05) is 13.0 Å². The number of carbonyl (C=O) groups excluding carboxylic acids is 1. The first-order valence-electron chi connectivity index (χ1n) is 5.33. The summed E-state index contributed by atoms with van der Waals surface area (Å²) in [7, 11) is 0. The molecule has 0 bridgehead atoms. The van der Waals surface area contributed by atoms with Gasteiger partial charge in [-0.05, 0) is 41.9 Å². The van der Waals surface area contributed by atoms with E-state index in [9.17, 15) is 4.79 Å². The van der Waals surface area contributed by atoms with Crippen molar-refractivity contribution >= 4 is 27.5 Å². The lowest BCUT2D eigenvalue weighted by atomic mass is 10.1. The minimum Gasteiger partial charge on any atom is -0.373 e. The minimum absolute atomic E-state index is 0.0867. The van der Waals surface area contributed by atoms with Crippen LogP contribution in [0.5, 0.6) is 0 Å². The van der Waals surface area contributed by atoms with Gasteiger partial charge in [0.05, 0.1) is 11.3 Å². The summed E-state index contributed by atoms with van der Waals surface area (Å²) in [6.07, 6.45) is 0. The van der Waals surface area contributed by atoms with Gasteiger partial charge in [-0.1, -0.05) is 6.07 Å². The molecular weight excluding hydrogens is 282 g/mol. The Morgan fingerprint density at radius 1 is 1.59 bits per heavy atom. The molecule has 0 saturated heterocycles. The topological polar surface area (TPSA) is 64.9 Å². The SMILES string of the molecule is CCNC(=O)C(C)Nc1cccc(Br)c1C#N. The summed E-state index contributed by atoms with van der Waals surface area (Å²) in [6, 6.07) is 7.11. The molecular formula is C12H14BrN3O. The average molecular weight is 296 g/mol. The van der Waals surface area contributed by atoms with Crippen LogP contribution in [0.4, 0.5) is 5.69 Å². The molecule has 0 spiro atoms. The van der Waals surface area contributed by atoms with Gasteiger partial charge in [-0.2, -0.15) is 5.26 Å². The smallest absolute Gasteiger partial charge is 0.242 e. The van der Waals surface area contributed by atoms with E-state index in [0.717, 1.165) is 0 Å². The molecule has 0 aromatic heterocycles. The summed E-state index contributed by atoms with van der Waals surface area (Å²) >= 11 is 3.30. The Balaban J connectivity index is 2.86. The van der Waals surface area contributed by atoms with Crippen molar-refractivity contribution in [1.29, 1.82) is 5.26 Å². The van der Waals surface area contributed by atoms with Gasteiger partial charge >= 0.3 is 0 Å². The molecule has 4 nitrogen and oxygen atoms in total. The molecule has 0 aliphatic heterocycles. The van der Waals surface area contributed by atoms with Crippen molar-refractivity contribution in [2.45, 2.75) is 19.9 Å². The maximum atomic E-state index is 11.6. The van der Waals surface area contributed by atoms with Gasteiger partial charge < -0.3 is 10.6 Å². The highest BCUT2D eigenvalue weighted by molar-refractivity contribution is 9.10. The van der Waals surface area contributed by atoms with E-state index in [0.29, 0.717) is 22.3 Å². The fourth-order valence-corrected chi connectivity index (χ4v) is 1.84. The van der Waals surface area contributed by atoms with E-state index in [2.05, 4.69) is 32.6 Å². The van der Waals surface area contributed by atoms with E-state index < -0.39 is 0 Å². The summed E-state index contributed by atoms with van der Waals surface area (Å²) < 4.78 is 0.716. The van der Waals surface area contributed by atoms with Gasteiger partial charge in [-0.15, -0.1) is 0 Å². The van der Waals surface area contributed by atoms with E-state index >= 15 is 0 Å². The Morgan fingerprint density at radius 3 is 2.88 bits per heavy atom. The number of likely N-dealkylation sites (N-methyl/N-ethyl adjacent to an activating group) is 1. The van der Waals surface area contributed by atoms with Gasteiger partial charge in [-0.25, -0.2) is 0 Å². The summed E-state index contributed by atoms with van der Waals surface area (Å²) in [5.41, 5.74) is 1.16. The molecule has 2 N–H and O–H groups in total. The Kier molecular flexibility index (Phi) is 4.98. The summed E-state index contributed by atoms with van der Waals surface area (Å²) in [6.45, 7) is 4.21. The predicted molar refractivity (Wildman–Crippen MR) is 70.6 cm³/mol. The maximum Gasteiger partial charge on any atom is 0.242 e. The largest absolute Gasteiger partial charge is 0.373 e. The molecule has 0 aliphatic rings. The van der Waals surface area contributed by atoms with Crippen LogP contribution in [0, 0.1) is 11.3 Å². The number of carbonyl (C=O) groups is 1. The first-order valence-corrected chi connectivity index (χ1v) is 6.12. The normalized spacial score (nSPS) is 11.4. The molecule has 0 aliphatic carbocycles. The third kappa shape index (κ3) is 3.46. The molecule has 0 fully saturated rings. The summed E-state index contributed by atoms with van der Waals surface area (Å²) in [5, 5.41) is 14.8. The van der Waals surface area contributed by atoms with Crippen LogP contribution < -0.4 is 10.6 Å². The van der Waals surface area contributed by atoms with Gasteiger partial charge in [0.2, 0.25) is 5.91 Å². The molecule has 1 atom stereocenters. The van der Waals surface area contributed by atoms with Gasteiger partial charge in [0, 0.05) is 11.0 Å². The van der Waals surface area contributed by atoms with Crippen LogP contribution in [-0.4, -0.2) is 18.5 Å². The number of nitrogens with one attached hydrogen (secondary N) is 2. The van der Waals surface area contributed by atoms with Gasteiger partial charge in [0.15, 0.2) is 0 Å². The first-order chi connectivity index (χ1) is 8.10. The fourth-order valence-electron chi connectivity index (χ4n) is 1.38. The van der Waals surface area contributed by atoms with Crippen LogP contribution in [-0.2, 0) is 4.79 Å². The number of amides is 1. The standard InChI is InChI=1S/C12H14BrN3O/c1-3-15-12(17)8(2)16-11-6-4-5-10(13)9(11)7-14/h4-6,8,16H,3H2,1-2H3,(H,15,17). The molecule has 5 heteroatoms. The zero-order valence-corrected chi connectivity index (χ0v) is 11.3. The van der Waals surface area contributed by atoms with Gasteiger partial charge in [0.1, 0.15) is 12.1 Å². The quantitative estimate of drug-likeness (QED) is 0.895. The van der Waals surface area contributed by atoms with Crippen LogP contribution in [0.25, 0.3) is 0 Å². The van der Waals surface area contributed by atoms with E-state index in [1.54, 1.807) is 19.1 Å². The Labute approximate surface area is 109 Å². The van der Waals surface area contributed by atoms with Gasteiger partial charge in [-0.3, -0.25) is 4.79 Å². The Morgan fingerprint density at radius 2 is 2.29 bits per heavy atom. The third-order valence-corrected chi connectivity index (χ3v) is 2.90. The van der Waals surface area contributed by atoms with E-state index in [4.69, 9.17) is 5.26 Å². The number of rotatable bonds is 4. The molecule has 0 heterocycles. The van der Waals surface area contributed by atoms with Crippen LogP contribution in [0.1, 0.15) is 19.4 Å². The van der Waals surface area contributed by atoms with E-state index in [-0.39, 0.29) is 11.9 Å². The molecule has 1 aromatic carbocycles. The lowest BCUT2D eigenvalue weighted by molar-refractivity contribution is -0.121. The second-order valence-electron chi connectivity index (χ2n) is 3.53. The van der Waals surface area contributed by atoms with Crippen molar-refractivity contribution in [3.63, 3.8) is 0 Å². The second kappa shape index (κ2) is 6.26. The van der Waals surface area contributed by atoms with Crippen molar-refractivity contribution in [3.8, 4) is 6.07 Å². The van der Waals surface area contributed by atoms with Crippen molar-refractivity contribution in [2.75, 3.05) is 11.9 Å². The number of nitrogens with zero attached hydrogens (tertiary/aromatic N) is 1. The van der Waals surface area contributed by atoms with Crippen LogP contribution in [0.3, 0.4) is 0 Å².